The van der Waals surface area contributed by atoms with E-state index in [1.165, 1.54) is 13.2 Å². The van der Waals surface area contributed by atoms with E-state index in [0.29, 0.717) is 11.4 Å². The fourth-order valence-electron chi connectivity index (χ4n) is 1.96. The van der Waals surface area contributed by atoms with Crippen LogP contribution in [0, 0.1) is 10.1 Å². The van der Waals surface area contributed by atoms with Crippen LogP contribution in [0.1, 0.15) is 10.4 Å². The largest absolute Gasteiger partial charge is 0.497 e. The number of nitro groups is 1. The minimum atomic E-state index is -0.854. The quantitative estimate of drug-likeness (QED) is 0.354. The molecule has 0 saturated carbocycles. The van der Waals surface area contributed by atoms with E-state index in [0.717, 1.165) is 12.1 Å². The number of carbonyl (C=O) groups excluding carboxylic acids is 2. The number of nitrogens with zero attached hydrogens (tertiary/aromatic N) is 1. The zero-order valence-corrected chi connectivity index (χ0v) is 13.2. The molecule has 1 amide bonds. The highest BCUT2D eigenvalue weighted by atomic mass is 16.6. The van der Waals surface area contributed by atoms with Gasteiger partial charge in [0, 0.05) is 23.9 Å². The van der Waals surface area contributed by atoms with Gasteiger partial charge in [0.15, 0.2) is 6.61 Å². The number of nitrogens with two attached hydrogens (primary N) is 1. The number of non-ortho nitro benzene ring substituents is 1. The summed E-state index contributed by atoms with van der Waals surface area (Å²) in [7, 11) is 1.50. The molecule has 0 saturated heterocycles. The number of nitrogens with one attached hydrogen (secondary N) is 1. The topological polar surface area (TPSA) is 134 Å². The summed E-state index contributed by atoms with van der Waals surface area (Å²) in [5.74, 6) is -0.844. The normalized spacial score (nSPS) is 9.96. The highest BCUT2D eigenvalue weighted by Gasteiger charge is 2.16. The van der Waals surface area contributed by atoms with Crippen LogP contribution in [0.25, 0.3) is 0 Å². The maximum Gasteiger partial charge on any atom is 0.340 e. The minimum absolute atomic E-state index is 0.0558. The van der Waals surface area contributed by atoms with E-state index in [9.17, 15) is 19.7 Å². The molecule has 130 valence electrons. The van der Waals surface area contributed by atoms with E-state index >= 15 is 0 Å². The van der Waals surface area contributed by atoms with Crippen LogP contribution in [0.5, 0.6) is 5.75 Å². The molecule has 9 nitrogen and oxygen atoms in total. The smallest absolute Gasteiger partial charge is 0.340 e. The summed E-state index contributed by atoms with van der Waals surface area (Å²) in [6.45, 7) is -0.535. The highest BCUT2D eigenvalue weighted by molar-refractivity contribution is 5.98. The lowest BCUT2D eigenvalue weighted by Gasteiger charge is -2.09. The Kier molecular flexibility index (Phi) is 5.51. The van der Waals surface area contributed by atoms with E-state index in [1.807, 2.05) is 0 Å². The lowest BCUT2D eigenvalue weighted by atomic mass is 10.1. The molecule has 0 bridgehead atoms. The molecule has 9 heteroatoms. The van der Waals surface area contributed by atoms with E-state index in [2.05, 4.69) is 5.32 Å². The second-order valence-corrected chi connectivity index (χ2v) is 4.88. The summed E-state index contributed by atoms with van der Waals surface area (Å²) < 4.78 is 9.90. The number of esters is 1. The summed E-state index contributed by atoms with van der Waals surface area (Å²) in [5.41, 5.74) is 5.68. The third-order valence-electron chi connectivity index (χ3n) is 3.15. The van der Waals surface area contributed by atoms with Crippen LogP contribution in [-0.4, -0.2) is 30.5 Å². The van der Waals surface area contributed by atoms with Gasteiger partial charge in [0.2, 0.25) is 0 Å². The van der Waals surface area contributed by atoms with E-state index < -0.39 is 23.4 Å². The van der Waals surface area contributed by atoms with Gasteiger partial charge in [-0.15, -0.1) is 0 Å². The van der Waals surface area contributed by atoms with Gasteiger partial charge < -0.3 is 20.5 Å². The monoisotopic (exact) mass is 345 g/mol. The van der Waals surface area contributed by atoms with Crippen molar-refractivity contribution in [3.8, 4) is 5.75 Å². The highest BCUT2D eigenvalue weighted by Crippen LogP contribution is 2.20. The average molecular weight is 345 g/mol. The number of amides is 1. The van der Waals surface area contributed by atoms with E-state index in [-0.39, 0.29) is 16.9 Å². The summed E-state index contributed by atoms with van der Waals surface area (Å²) in [6, 6.07) is 10.0. The third kappa shape index (κ3) is 4.67. The van der Waals surface area contributed by atoms with Crippen LogP contribution in [0.15, 0.2) is 42.5 Å². The summed E-state index contributed by atoms with van der Waals surface area (Å²) >= 11 is 0. The van der Waals surface area contributed by atoms with Crippen LogP contribution in [0.2, 0.25) is 0 Å². The van der Waals surface area contributed by atoms with Gasteiger partial charge in [-0.05, 0) is 18.2 Å². The van der Waals surface area contributed by atoms with Crippen molar-refractivity contribution in [2.24, 2.45) is 0 Å². The minimum Gasteiger partial charge on any atom is -0.497 e. The molecule has 2 rings (SSSR count). The van der Waals surface area contributed by atoms with Crippen LogP contribution in [0.4, 0.5) is 17.1 Å². The molecule has 0 atom stereocenters. The summed E-state index contributed by atoms with van der Waals surface area (Å²) in [5, 5.41) is 13.2. The number of hydrogen-bond donors (Lipinski definition) is 2. The molecule has 0 radical (unpaired) electrons. The first-order chi connectivity index (χ1) is 11.9. The van der Waals surface area contributed by atoms with Crippen LogP contribution < -0.4 is 15.8 Å². The number of methoxy groups -OCH3 is 1. The maximum absolute atomic E-state index is 11.9. The van der Waals surface area contributed by atoms with Crippen LogP contribution in [0.3, 0.4) is 0 Å². The molecular formula is C16H15N3O6. The van der Waals surface area contributed by atoms with Gasteiger partial charge in [-0.1, -0.05) is 6.07 Å². The number of nitrogen functional groups attached to an aromatic ring is 1. The van der Waals surface area contributed by atoms with Crippen molar-refractivity contribution >= 4 is 28.9 Å². The maximum atomic E-state index is 11.9. The SMILES string of the molecule is COc1cccc(NC(=O)COC(=O)c2ccc([N+](=O)[O-])cc2N)c1. The van der Waals surface area contributed by atoms with Gasteiger partial charge in [0.25, 0.3) is 11.6 Å². The van der Waals surface area contributed by atoms with E-state index in [4.69, 9.17) is 15.2 Å². The Morgan fingerprint density at radius 1 is 1.24 bits per heavy atom. The number of ether oxygens (including phenoxy) is 2. The molecule has 0 unspecified atom stereocenters. The van der Waals surface area contributed by atoms with E-state index in [1.54, 1.807) is 24.3 Å². The van der Waals surface area contributed by atoms with Crippen molar-refractivity contribution in [3.63, 3.8) is 0 Å². The molecule has 0 spiro atoms. The van der Waals surface area contributed by atoms with Crippen molar-refractivity contribution in [2.45, 2.75) is 0 Å². The first-order valence-electron chi connectivity index (χ1n) is 7.05. The number of hydrogen-bond acceptors (Lipinski definition) is 7. The van der Waals surface area contributed by atoms with Gasteiger partial charge in [-0.2, -0.15) is 0 Å². The zero-order chi connectivity index (χ0) is 18.4. The Morgan fingerprint density at radius 2 is 2.00 bits per heavy atom. The third-order valence-corrected chi connectivity index (χ3v) is 3.15. The number of nitro benzene ring substituents is 1. The van der Waals surface area contributed by atoms with Crippen molar-refractivity contribution in [1.29, 1.82) is 0 Å². The molecule has 0 heterocycles. The molecule has 2 aromatic rings. The molecule has 0 aliphatic rings. The predicted octanol–water partition coefficient (Wildman–Crippen LogP) is 1.98. The Morgan fingerprint density at radius 3 is 2.64 bits per heavy atom. The molecule has 0 aromatic heterocycles. The first kappa shape index (κ1) is 17.7. The Balaban J connectivity index is 1.95. The Bertz CT molecular complexity index is 821. The average Bonchev–Trinajstić information content (AvgIpc) is 2.59. The Labute approximate surface area is 142 Å². The van der Waals surface area contributed by atoms with Crippen molar-refractivity contribution in [2.75, 3.05) is 24.8 Å². The van der Waals surface area contributed by atoms with Crippen molar-refractivity contribution in [3.05, 3.63) is 58.1 Å². The molecule has 0 aliphatic heterocycles. The molecule has 0 fully saturated rings. The fourth-order valence-corrected chi connectivity index (χ4v) is 1.96. The second-order valence-electron chi connectivity index (χ2n) is 4.88. The molecule has 3 N–H and O–H groups in total. The molecule has 2 aromatic carbocycles. The lowest BCUT2D eigenvalue weighted by Crippen LogP contribution is -2.21. The summed E-state index contributed by atoms with van der Waals surface area (Å²) in [4.78, 5) is 33.8. The second kappa shape index (κ2) is 7.77. The number of benzene rings is 2. The van der Waals surface area contributed by atoms with Crippen molar-refractivity contribution in [1.82, 2.24) is 0 Å². The number of carbonyl (C=O) groups is 2. The first-order valence-corrected chi connectivity index (χ1v) is 7.05. The van der Waals surface area contributed by atoms with Gasteiger partial charge in [-0.3, -0.25) is 14.9 Å². The predicted molar refractivity (Wildman–Crippen MR) is 89.4 cm³/mol. The van der Waals surface area contributed by atoms with Crippen LogP contribution >= 0.6 is 0 Å². The van der Waals surface area contributed by atoms with Crippen LogP contribution in [-0.2, 0) is 9.53 Å². The summed E-state index contributed by atoms with van der Waals surface area (Å²) in [6.07, 6.45) is 0. The van der Waals surface area contributed by atoms with Crippen molar-refractivity contribution < 1.29 is 24.0 Å². The van der Waals surface area contributed by atoms with Gasteiger partial charge in [0.05, 0.1) is 23.3 Å². The van der Waals surface area contributed by atoms with Gasteiger partial charge >= 0.3 is 5.97 Å². The Hall–Kier alpha value is -3.62. The lowest BCUT2D eigenvalue weighted by molar-refractivity contribution is -0.384. The molecule has 0 aliphatic carbocycles. The number of anilines is 2. The molecule has 25 heavy (non-hydrogen) atoms. The molecular weight excluding hydrogens is 330 g/mol. The van der Waals surface area contributed by atoms with Gasteiger partial charge in [-0.25, -0.2) is 4.79 Å². The fraction of sp³-hybridized carbons (Fsp3) is 0.125. The zero-order valence-electron chi connectivity index (χ0n) is 13.2. The standard InChI is InChI=1S/C16H15N3O6/c1-24-12-4-2-3-10(7-12)18-15(20)9-25-16(21)13-6-5-11(19(22)23)8-14(13)17/h2-8H,9,17H2,1H3,(H,18,20). The van der Waals surface area contributed by atoms with Gasteiger partial charge in [0.1, 0.15) is 5.75 Å². The number of rotatable bonds is 6.